The van der Waals surface area contributed by atoms with Crippen molar-refractivity contribution >= 4 is 11.7 Å². The van der Waals surface area contributed by atoms with Crippen LogP contribution < -0.4 is 10.6 Å². The second-order valence-electron chi connectivity index (χ2n) is 13.8. The van der Waals surface area contributed by atoms with Gasteiger partial charge in [0.25, 0.3) is 5.91 Å². The maximum atomic E-state index is 13.9. The Hall–Kier alpha value is -1.52. The third-order valence-electron chi connectivity index (χ3n) is 10.9. The number of hydrogen-bond acceptors (Lipinski definition) is 8. The van der Waals surface area contributed by atoms with Crippen molar-refractivity contribution in [2.24, 2.45) is 17.8 Å². The van der Waals surface area contributed by atoms with Gasteiger partial charge in [-0.15, -0.1) is 0 Å². The van der Waals surface area contributed by atoms with Gasteiger partial charge in [0.15, 0.2) is 5.78 Å². The summed E-state index contributed by atoms with van der Waals surface area (Å²) < 4.78 is 12.6. The zero-order valence-electron chi connectivity index (χ0n) is 25.4. The van der Waals surface area contributed by atoms with E-state index >= 15 is 0 Å². The molecule has 8 unspecified atom stereocenters. The van der Waals surface area contributed by atoms with Gasteiger partial charge in [-0.3, -0.25) is 14.5 Å². The van der Waals surface area contributed by atoms with Crippen molar-refractivity contribution in [3.05, 3.63) is 11.8 Å². The van der Waals surface area contributed by atoms with Crippen LogP contribution in [0.15, 0.2) is 11.8 Å². The van der Waals surface area contributed by atoms with Crippen molar-refractivity contribution in [3.63, 3.8) is 0 Å². The summed E-state index contributed by atoms with van der Waals surface area (Å²) in [6.45, 7) is 7.18. The van der Waals surface area contributed by atoms with Crippen molar-refractivity contribution in [1.82, 2.24) is 25.3 Å². The minimum atomic E-state index is -0.185. The van der Waals surface area contributed by atoms with Gasteiger partial charge >= 0.3 is 0 Å². The first-order valence-electron chi connectivity index (χ1n) is 16.6. The summed E-state index contributed by atoms with van der Waals surface area (Å²) in [5.41, 5.74) is 0.378. The number of ether oxygens (including phenoxy) is 2. The minimum absolute atomic E-state index is 0.0179. The molecule has 0 aromatic rings. The molecule has 41 heavy (non-hydrogen) atoms. The number of nitrogens with one attached hydrogen (secondary N) is 2. The van der Waals surface area contributed by atoms with Crippen LogP contribution in [0.2, 0.25) is 0 Å². The highest BCUT2D eigenvalue weighted by Crippen LogP contribution is 2.49. The lowest BCUT2D eigenvalue weighted by Gasteiger charge is -2.60. The molecule has 3 aliphatic heterocycles. The lowest BCUT2D eigenvalue weighted by atomic mass is 9.65. The van der Waals surface area contributed by atoms with Crippen LogP contribution in [0.4, 0.5) is 0 Å². The lowest BCUT2D eigenvalue weighted by molar-refractivity contribution is -0.200. The molecule has 5 fully saturated rings. The molecule has 8 atom stereocenters. The Morgan fingerprint density at radius 1 is 1.02 bits per heavy atom. The molecular weight excluding hydrogens is 518 g/mol. The molecule has 230 valence electrons. The fourth-order valence-corrected chi connectivity index (χ4v) is 8.77. The Labute approximate surface area is 246 Å². The van der Waals surface area contributed by atoms with E-state index < -0.39 is 0 Å². The van der Waals surface area contributed by atoms with E-state index in [9.17, 15) is 9.59 Å². The quantitative estimate of drug-likeness (QED) is 0.304. The van der Waals surface area contributed by atoms with E-state index in [1.165, 1.54) is 25.7 Å². The van der Waals surface area contributed by atoms with Gasteiger partial charge in [0.2, 0.25) is 0 Å². The molecule has 0 spiro atoms. The average Bonchev–Trinajstić information content (AvgIpc) is 2.98. The second-order valence-corrected chi connectivity index (χ2v) is 13.8. The highest BCUT2D eigenvalue weighted by atomic mass is 16.5. The molecule has 1 amide bonds. The van der Waals surface area contributed by atoms with Crippen LogP contribution in [-0.4, -0.2) is 123 Å². The van der Waals surface area contributed by atoms with Crippen molar-refractivity contribution in [2.75, 3.05) is 66.6 Å². The van der Waals surface area contributed by atoms with E-state index in [4.69, 9.17) is 9.47 Å². The first-order valence-corrected chi connectivity index (χ1v) is 16.6. The van der Waals surface area contributed by atoms with Gasteiger partial charge in [-0.25, -0.2) is 0 Å². The highest BCUT2D eigenvalue weighted by Gasteiger charge is 2.57. The predicted molar refractivity (Wildman–Crippen MR) is 158 cm³/mol. The molecule has 9 heteroatoms. The topological polar surface area (TPSA) is 86.4 Å². The Morgan fingerprint density at radius 2 is 1.80 bits per heavy atom. The first kappa shape index (κ1) is 29.5. The van der Waals surface area contributed by atoms with Gasteiger partial charge in [-0.1, -0.05) is 25.7 Å². The SMILES string of the molecule is CN(C)CCCCNC(=O)C1=CN2C3CC4CCCCC4CC3OC3C(NCCN4CCOCC4)CCC(C1=O)C32. The van der Waals surface area contributed by atoms with Crippen molar-refractivity contribution in [2.45, 2.75) is 94.5 Å². The first-order chi connectivity index (χ1) is 20.0. The van der Waals surface area contributed by atoms with Gasteiger partial charge < -0.3 is 29.9 Å². The number of rotatable bonds is 10. The van der Waals surface area contributed by atoms with Crippen molar-refractivity contribution in [1.29, 1.82) is 0 Å². The Balaban J connectivity index is 1.18. The molecule has 3 heterocycles. The number of nitrogens with zero attached hydrogens (tertiary/aromatic N) is 3. The number of fused-ring (bicyclic) bond motifs is 3. The van der Waals surface area contributed by atoms with Crippen LogP contribution in [0.25, 0.3) is 0 Å². The van der Waals surface area contributed by atoms with Crippen molar-refractivity contribution in [3.8, 4) is 0 Å². The van der Waals surface area contributed by atoms with E-state index in [-0.39, 0.29) is 47.9 Å². The monoisotopic (exact) mass is 571 g/mol. The summed E-state index contributed by atoms with van der Waals surface area (Å²) in [4.78, 5) is 34.4. The Bertz CT molecular complexity index is 952. The second kappa shape index (κ2) is 13.4. The van der Waals surface area contributed by atoms with E-state index in [1.807, 2.05) is 6.20 Å². The molecule has 6 rings (SSSR count). The van der Waals surface area contributed by atoms with Crippen LogP contribution in [0.1, 0.15) is 64.2 Å². The fraction of sp³-hybridized carbons (Fsp3) is 0.875. The average molecular weight is 572 g/mol. The van der Waals surface area contributed by atoms with Crippen LogP contribution in [0.3, 0.4) is 0 Å². The Morgan fingerprint density at radius 3 is 2.59 bits per heavy atom. The van der Waals surface area contributed by atoms with Crippen LogP contribution >= 0.6 is 0 Å². The number of hydrogen-bond donors (Lipinski definition) is 2. The molecule has 0 aromatic heterocycles. The number of unbranched alkanes of at least 4 members (excludes halogenated alkanes) is 1. The molecule has 3 saturated carbocycles. The number of carbonyl (C=O) groups excluding carboxylic acids is 2. The van der Waals surface area contributed by atoms with Crippen LogP contribution in [0.5, 0.6) is 0 Å². The van der Waals surface area contributed by atoms with Gasteiger partial charge in [0.1, 0.15) is 0 Å². The van der Waals surface area contributed by atoms with Gasteiger partial charge in [0.05, 0.1) is 43.1 Å². The number of ketones is 1. The lowest BCUT2D eigenvalue weighted by Crippen LogP contribution is -2.71. The van der Waals surface area contributed by atoms with Gasteiger partial charge in [0, 0.05) is 50.9 Å². The summed E-state index contributed by atoms with van der Waals surface area (Å²) in [5.74, 6) is 1.18. The highest BCUT2D eigenvalue weighted by molar-refractivity contribution is 6.20. The van der Waals surface area contributed by atoms with Crippen molar-refractivity contribution < 1.29 is 19.1 Å². The number of morpholine rings is 2. The molecule has 9 nitrogen and oxygen atoms in total. The third kappa shape index (κ3) is 6.54. The van der Waals surface area contributed by atoms with E-state index in [0.29, 0.717) is 12.1 Å². The molecular formula is C32H53N5O4. The summed E-state index contributed by atoms with van der Waals surface area (Å²) in [5, 5.41) is 6.94. The van der Waals surface area contributed by atoms with Crippen LogP contribution in [0, 0.1) is 17.8 Å². The number of amides is 1. The molecule has 2 saturated heterocycles. The zero-order chi connectivity index (χ0) is 28.3. The van der Waals surface area contributed by atoms with Gasteiger partial charge in [-0.2, -0.15) is 0 Å². The Kier molecular flexibility index (Phi) is 9.67. The normalized spacial score (nSPS) is 37.2. The van der Waals surface area contributed by atoms with E-state index in [2.05, 4.69) is 39.4 Å². The zero-order valence-corrected chi connectivity index (χ0v) is 25.4. The fourth-order valence-electron chi connectivity index (χ4n) is 8.77. The summed E-state index contributed by atoms with van der Waals surface area (Å²) in [6.07, 6.45) is 13.4. The van der Waals surface area contributed by atoms with E-state index in [0.717, 1.165) is 96.3 Å². The molecule has 6 aliphatic rings. The minimum Gasteiger partial charge on any atom is -0.379 e. The molecule has 2 N–H and O–H groups in total. The standard InChI is InChI=1S/C32H53N5O4/c1-35(2)13-6-5-11-34-32(39)25-21-37-27-19-22-7-3-4-8-23(22)20-28(27)41-31-26(10-9-24(29(31)37)30(25)38)33-12-14-36-15-17-40-18-16-36/h21-24,26-29,31,33H,3-20H2,1-2H3,(H,34,39). The van der Waals surface area contributed by atoms with Gasteiger partial charge in [-0.05, 0) is 71.0 Å². The molecule has 0 aromatic carbocycles. The summed E-state index contributed by atoms with van der Waals surface area (Å²) in [6, 6.07) is 0.523. The maximum Gasteiger partial charge on any atom is 0.256 e. The van der Waals surface area contributed by atoms with E-state index in [1.54, 1.807) is 0 Å². The maximum absolute atomic E-state index is 13.9. The number of carbonyl (C=O) groups is 2. The molecule has 0 bridgehead atoms. The third-order valence-corrected chi connectivity index (χ3v) is 10.9. The van der Waals surface area contributed by atoms with Crippen LogP contribution in [-0.2, 0) is 19.1 Å². The molecule has 3 aliphatic carbocycles. The number of Topliss-reactive ketones (excluding diaryl/α,β-unsaturated/α-hetero) is 1. The summed E-state index contributed by atoms with van der Waals surface area (Å²) >= 11 is 0. The molecule has 0 radical (unpaired) electrons. The largest absolute Gasteiger partial charge is 0.379 e. The predicted octanol–water partition coefficient (Wildman–Crippen LogP) is 2.02. The summed E-state index contributed by atoms with van der Waals surface area (Å²) in [7, 11) is 4.14. The smallest absolute Gasteiger partial charge is 0.256 e.